The average molecular weight is 570 g/mol. The predicted octanol–water partition coefficient (Wildman–Crippen LogP) is 5.03. The van der Waals surface area contributed by atoms with Gasteiger partial charge < -0.3 is 15.0 Å². The van der Waals surface area contributed by atoms with Gasteiger partial charge in [0.1, 0.15) is 6.10 Å². The molecular formula is C30H27ClN2NaO4S-. The molecule has 0 saturated heterocycles. The van der Waals surface area contributed by atoms with Crippen LogP contribution in [0.5, 0.6) is 0 Å². The second kappa shape index (κ2) is 12.8. The number of hydrogen-bond acceptors (Lipinski definition) is 6. The molecule has 1 heterocycles. The second-order valence-electron chi connectivity index (χ2n) is 9.46. The number of hydrogen-bond donors (Lipinski definition) is 1. The molecule has 1 aromatic heterocycles. The van der Waals surface area contributed by atoms with E-state index >= 15 is 0 Å². The first kappa shape index (κ1) is 31.0. The van der Waals surface area contributed by atoms with Gasteiger partial charge in [0.2, 0.25) is 0 Å². The Bertz CT molecular complexity index is 1480. The van der Waals surface area contributed by atoms with Gasteiger partial charge in [-0.25, -0.2) is 4.79 Å². The maximum atomic E-state index is 12.8. The number of aryl methyl sites for hydroxylation is 2. The van der Waals surface area contributed by atoms with Gasteiger partial charge >= 0.3 is 35.7 Å². The minimum atomic E-state index is -0.563. The largest absolute Gasteiger partial charge is 1.00 e. The van der Waals surface area contributed by atoms with Crippen LogP contribution in [0.4, 0.5) is 10.5 Å². The summed E-state index contributed by atoms with van der Waals surface area (Å²) in [5.41, 5.74) is 6.97. The number of nitrogens with one attached hydrogen (secondary N) is 1. The molecular weight excluding hydrogens is 543 g/mol. The maximum absolute atomic E-state index is 12.8. The number of carbonyl (C=O) groups excluding carboxylic acids is 2. The number of anilines is 1. The first-order valence-corrected chi connectivity index (χ1v) is 13.3. The number of carbonyl (C=O) groups is 1. The van der Waals surface area contributed by atoms with Crippen LogP contribution in [0, 0.1) is 13.8 Å². The molecule has 3 aromatic carbocycles. The van der Waals surface area contributed by atoms with E-state index < -0.39 is 17.6 Å². The quantitative estimate of drug-likeness (QED) is 0.249. The third kappa shape index (κ3) is 6.46. The van der Waals surface area contributed by atoms with Crippen molar-refractivity contribution < 1.29 is 49.4 Å². The van der Waals surface area contributed by atoms with Crippen LogP contribution in [0.25, 0.3) is 21.6 Å². The molecule has 4 aromatic rings. The molecule has 1 amide bonds. The van der Waals surface area contributed by atoms with Crippen LogP contribution >= 0.6 is 23.1 Å². The zero-order valence-corrected chi connectivity index (χ0v) is 25.8. The average Bonchev–Trinajstić information content (AvgIpc) is 3.62. The van der Waals surface area contributed by atoms with Gasteiger partial charge in [-0.15, -0.1) is 5.41 Å². The van der Waals surface area contributed by atoms with Crippen molar-refractivity contribution in [1.82, 2.24) is 4.37 Å². The van der Waals surface area contributed by atoms with Crippen molar-refractivity contribution in [1.29, 1.82) is 0 Å². The number of benzene rings is 3. The first-order valence-electron chi connectivity index (χ1n) is 12.1. The fourth-order valence-corrected chi connectivity index (χ4v) is 5.74. The molecule has 39 heavy (non-hydrogen) atoms. The number of amides is 1. The van der Waals surface area contributed by atoms with Crippen LogP contribution in [0.2, 0.25) is 5.02 Å². The normalized spacial score (nSPS) is 13.8. The van der Waals surface area contributed by atoms with E-state index in [0.717, 1.165) is 56.8 Å². The number of ether oxygens (including phenoxy) is 1. The summed E-state index contributed by atoms with van der Waals surface area (Å²) >= 11 is 7.59. The Morgan fingerprint density at radius 2 is 1.74 bits per heavy atom. The Balaban J connectivity index is 0.00000210. The summed E-state index contributed by atoms with van der Waals surface area (Å²) in [6.45, 7) is 5.70. The smallest absolute Gasteiger partial charge is 0.870 e. The molecule has 0 spiro atoms. The van der Waals surface area contributed by atoms with Crippen molar-refractivity contribution >= 4 is 41.2 Å². The van der Waals surface area contributed by atoms with Gasteiger partial charge in [0.15, 0.2) is 0 Å². The minimum absolute atomic E-state index is 0. The molecule has 5 rings (SSSR count). The van der Waals surface area contributed by atoms with Crippen LogP contribution in [0.15, 0.2) is 66.7 Å². The topological polar surface area (TPSA) is 98.3 Å². The van der Waals surface area contributed by atoms with E-state index in [-0.39, 0.29) is 35.0 Å². The van der Waals surface area contributed by atoms with E-state index in [4.69, 9.17) is 16.3 Å². The first-order chi connectivity index (χ1) is 17.8. The third-order valence-corrected chi connectivity index (χ3v) is 8.22. The van der Waals surface area contributed by atoms with Crippen LogP contribution in [0.1, 0.15) is 48.3 Å². The molecule has 196 valence electrons. The van der Waals surface area contributed by atoms with E-state index in [9.17, 15) is 9.59 Å². The Labute approximate surface area is 259 Å². The number of aromatic nitrogens is 1. The molecule has 0 unspecified atom stereocenters. The summed E-state index contributed by atoms with van der Waals surface area (Å²) < 4.78 is 10.1. The molecule has 1 fully saturated rings. The fourth-order valence-electron chi connectivity index (χ4n) is 4.52. The SMILES string of the molecule is Cc1cc(-c2ccc(C3([C-]=O)CC3)cc2)ccc1-c1snc(C)c1NC(=O)O[C@H](C)c1ccccc1Cl.[Na+].[OH-]. The van der Waals surface area contributed by atoms with Crippen molar-refractivity contribution in [3.8, 4) is 21.6 Å². The summed E-state index contributed by atoms with van der Waals surface area (Å²) in [4.78, 5) is 25.0. The molecule has 0 radical (unpaired) electrons. The molecule has 1 saturated carbocycles. The molecule has 2 N–H and O–H groups in total. The van der Waals surface area contributed by atoms with Gasteiger partial charge in [0.25, 0.3) is 0 Å². The van der Waals surface area contributed by atoms with E-state index in [2.05, 4.69) is 46.3 Å². The van der Waals surface area contributed by atoms with Gasteiger partial charge in [-0.2, -0.15) is 4.37 Å². The summed E-state index contributed by atoms with van der Waals surface area (Å²) in [6.07, 6.45) is 2.89. The number of halogens is 1. The summed E-state index contributed by atoms with van der Waals surface area (Å²) in [6, 6.07) is 21.7. The molecule has 0 aliphatic heterocycles. The van der Waals surface area contributed by atoms with Crippen LogP contribution < -0.4 is 34.9 Å². The monoisotopic (exact) mass is 569 g/mol. The molecule has 6 nitrogen and oxygen atoms in total. The molecule has 1 aliphatic rings. The van der Waals surface area contributed by atoms with E-state index in [1.807, 2.05) is 44.2 Å². The standard InChI is InChI=1S/C30H26ClN2O3S.Na.H2O/c1-18-16-22(21-8-11-23(12-9-21)30(17-34)14-15-30)10-13-24(18)28-27(19(2)33-37-28)32-29(35)36-20(3)25-6-4-5-7-26(25)31;;/h4-13,16,20H,14-15H2,1-3H3,(H,32,35);;1H2/q-1;+1;/p-1/t20-;;/m1../s1. The van der Waals surface area contributed by atoms with E-state index in [1.54, 1.807) is 13.0 Å². The number of nitrogens with zero attached hydrogens (tertiary/aromatic N) is 1. The zero-order chi connectivity index (χ0) is 26.2. The van der Waals surface area contributed by atoms with Crippen LogP contribution in [-0.2, 0) is 14.9 Å². The van der Waals surface area contributed by atoms with Crippen molar-refractivity contribution in [2.45, 2.75) is 45.1 Å². The fraction of sp³-hybridized carbons (Fsp3) is 0.233. The summed E-state index contributed by atoms with van der Waals surface area (Å²) in [5.74, 6) is 0. The predicted molar refractivity (Wildman–Crippen MR) is 151 cm³/mol. The van der Waals surface area contributed by atoms with Crippen LogP contribution in [-0.4, -0.2) is 22.2 Å². The van der Waals surface area contributed by atoms with Gasteiger partial charge in [-0.3, -0.25) is 11.6 Å². The number of rotatable bonds is 7. The third-order valence-electron chi connectivity index (χ3n) is 6.90. The zero-order valence-electron chi connectivity index (χ0n) is 22.2. The van der Waals surface area contributed by atoms with Gasteiger partial charge in [0, 0.05) is 10.6 Å². The molecule has 1 atom stereocenters. The van der Waals surface area contributed by atoms with Crippen molar-refractivity contribution in [3.05, 3.63) is 94.1 Å². The van der Waals surface area contributed by atoms with Gasteiger partial charge in [-0.1, -0.05) is 90.7 Å². The molecule has 0 bridgehead atoms. The molecule has 1 aliphatic carbocycles. The van der Waals surface area contributed by atoms with Crippen molar-refractivity contribution in [2.75, 3.05) is 5.32 Å². The Morgan fingerprint density at radius 3 is 2.36 bits per heavy atom. The Kier molecular flexibility index (Phi) is 10.2. The Hall–Kier alpha value is -2.52. The van der Waals surface area contributed by atoms with Crippen molar-refractivity contribution in [2.24, 2.45) is 0 Å². The second-order valence-corrected chi connectivity index (χ2v) is 10.6. The van der Waals surface area contributed by atoms with Gasteiger partial charge in [0.05, 0.1) is 16.3 Å². The maximum Gasteiger partial charge on any atom is 1.00 e. The molecule has 9 heteroatoms. The summed E-state index contributed by atoms with van der Waals surface area (Å²) in [5, 5.41) is 3.45. The van der Waals surface area contributed by atoms with Gasteiger partial charge in [-0.05, 0) is 60.6 Å². The minimum Gasteiger partial charge on any atom is -0.870 e. The summed E-state index contributed by atoms with van der Waals surface area (Å²) in [7, 11) is 0. The van der Waals surface area contributed by atoms with Crippen molar-refractivity contribution in [3.63, 3.8) is 0 Å². The Morgan fingerprint density at radius 1 is 1.08 bits per heavy atom. The van der Waals surface area contributed by atoms with E-state index in [0.29, 0.717) is 10.7 Å². The van der Waals surface area contributed by atoms with Crippen LogP contribution in [0.3, 0.4) is 0 Å². The van der Waals surface area contributed by atoms with E-state index in [1.165, 1.54) is 11.5 Å².